The van der Waals surface area contributed by atoms with E-state index >= 15 is 0 Å². The van der Waals surface area contributed by atoms with Crippen molar-refractivity contribution in [3.05, 3.63) is 0 Å². The second-order valence-corrected chi connectivity index (χ2v) is 5.48. The molecular weight excluding hydrogens is 332 g/mol. The van der Waals surface area contributed by atoms with Crippen molar-refractivity contribution < 1.29 is 24.3 Å². The molecular formula is C14H26N6O5. The number of aldehydes is 1. The predicted molar refractivity (Wildman–Crippen MR) is 90.4 cm³/mol. The van der Waals surface area contributed by atoms with Gasteiger partial charge in [-0.3, -0.25) is 19.4 Å². The molecule has 0 saturated heterocycles. The van der Waals surface area contributed by atoms with Gasteiger partial charge in [-0.2, -0.15) is 0 Å². The number of rotatable bonds is 12. The van der Waals surface area contributed by atoms with Gasteiger partial charge in [-0.25, -0.2) is 0 Å². The Morgan fingerprint density at radius 1 is 1.16 bits per heavy atom. The number of hydrogen-bond donors (Lipinski definition) is 6. The summed E-state index contributed by atoms with van der Waals surface area (Å²) in [5.74, 6) is -2.44. The number of carboxylic acids is 1. The van der Waals surface area contributed by atoms with Gasteiger partial charge < -0.3 is 37.7 Å². The van der Waals surface area contributed by atoms with Crippen LogP contribution in [0.2, 0.25) is 0 Å². The molecule has 0 aliphatic heterocycles. The Hall–Kier alpha value is -2.69. The maximum absolute atomic E-state index is 12.2. The third kappa shape index (κ3) is 10.7. The summed E-state index contributed by atoms with van der Waals surface area (Å²) in [5, 5.41) is 13.6. The van der Waals surface area contributed by atoms with Crippen molar-refractivity contribution in [2.75, 3.05) is 6.54 Å². The average molecular weight is 358 g/mol. The lowest BCUT2D eigenvalue weighted by atomic mass is 10.1. The van der Waals surface area contributed by atoms with E-state index in [1.807, 2.05) is 0 Å². The summed E-state index contributed by atoms with van der Waals surface area (Å²) in [4.78, 5) is 49.4. The first-order valence-electron chi connectivity index (χ1n) is 7.76. The summed E-state index contributed by atoms with van der Waals surface area (Å²) in [5.41, 5.74) is 15.8. The highest BCUT2D eigenvalue weighted by Crippen LogP contribution is 2.02. The molecule has 0 saturated carbocycles. The average Bonchev–Trinajstić information content (AvgIpc) is 2.53. The number of hydrogen-bond acceptors (Lipinski definition) is 6. The number of nitrogens with one attached hydrogen (secondary N) is 2. The summed E-state index contributed by atoms with van der Waals surface area (Å²) < 4.78 is 0. The van der Waals surface area contributed by atoms with E-state index in [1.54, 1.807) is 0 Å². The Bertz CT molecular complexity index is 504. The van der Waals surface area contributed by atoms with Crippen molar-refractivity contribution in [2.24, 2.45) is 22.2 Å². The Morgan fingerprint density at radius 3 is 2.28 bits per heavy atom. The van der Waals surface area contributed by atoms with Crippen LogP contribution in [-0.4, -0.2) is 59.8 Å². The third-order valence-electron chi connectivity index (χ3n) is 3.15. The van der Waals surface area contributed by atoms with E-state index in [0.717, 1.165) is 0 Å². The zero-order valence-electron chi connectivity index (χ0n) is 14.1. The van der Waals surface area contributed by atoms with E-state index in [1.165, 1.54) is 6.92 Å². The molecule has 2 amide bonds. The minimum Gasteiger partial charge on any atom is -0.481 e. The van der Waals surface area contributed by atoms with E-state index in [0.29, 0.717) is 25.7 Å². The highest BCUT2D eigenvalue weighted by Gasteiger charge is 2.24. The van der Waals surface area contributed by atoms with Crippen molar-refractivity contribution in [3.8, 4) is 0 Å². The molecule has 0 spiro atoms. The number of nitrogens with zero attached hydrogens (tertiary/aromatic N) is 1. The topological polar surface area (TPSA) is 203 Å². The van der Waals surface area contributed by atoms with Crippen LogP contribution in [0.3, 0.4) is 0 Å². The Balaban J connectivity index is 4.72. The summed E-state index contributed by atoms with van der Waals surface area (Å²) >= 11 is 0. The van der Waals surface area contributed by atoms with Gasteiger partial charge in [0.1, 0.15) is 12.3 Å². The number of amides is 2. The highest BCUT2D eigenvalue weighted by atomic mass is 16.4. The molecule has 0 fully saturated rings. The standard InChI is InChI=1S/C14H26N6O5/c1-8(15)12(24)20-10(4-5-11(22)23)13(25)19-9(7-21)3-2-6-18-14(16)17/h7-10H,2-6,15H2,1H3,(H,19,25)(H,20,24)(H,22,23)(H4,16,17,18)/t8-,9-,10-/m0/s1. The fourth-order valence-electron chi connectivity index (χ4n) is 1.82. The molecule has 0 heterocycles. The molecule has 11 heteroatoms. The fourth-order valence-corrected chi connectivity index (χ4v) is 1.82. The zero-order valence-corrected chi connectivity index (χ0v) is 14.1. The monoisotopic (exact) mass is 358 g/mol. The Kier molecular flexibility index (Phi) is 10.5. The number of aliphatic imine (C=N–C) groups is 1. The van der Waals surface area contributed by atoms with Crippen molar-refractivity contribution in [3.63, 3.8) is 0 Å². The van der Waals surface area contributed by atoms with Crippen molar-refractivity contribution in [2.45, 2.75) is 50.7 Å². The summed E-state index contributed by atoms with van der Waals surface area (Å²) in [6, 6.07) is -2.77. The van der Waals surface area contributed by atoms with Crippen molar-refractivity contribution >= 4 is 30.0 Å². The molecule has 0 aromatic rings. The smallest absolute Gasteiger partial charge is 0.303 e. The summed E-state index contributed by atoms with van der Waals surface area (Å²) in [6.45, 7) is 1.73. The van der Waals surface area contributed by atoms with Crippen molar-refractivity contribution in [1.29, 1.82) is 0 Å². The summed E-state index contributed by atoms with van der Waals surface area (Å²) in [7, 11) is 0. The Labute approximate surface area is 145 Å². The van der Waals surface area contributed by atoms with E-state index in [9.17, 15) is 19.2 Å². The fraction of sp³-hybridized carbons (Fsp3) is 0.643. The first-order chi connectivity index (χ1) is 11.7. The van der Waals surface area contributed by atoms with Crippen LogP contribution in [-0.2, 0) is 19.2 Å². The first-order valence-corrected chi connectivity index (χ1v) is 7.76. The SMILES string of the molecule is C[C@H](N)C(=O)N[C@@H](CCC(=O)O)C(=O)N[C@H](C=O)CCCN=C(N)N. The van der Waals surface area contributed by atoms with Crippen LogP contribution >= 0.6 is 0 Å². The molecule has 0 aromatic heterocycles. The highest BCUT2D eigenvalue weighted by molar-refractivity contribution is 5.90. The van der Waals surface area contributed by atoms with E-state index < -0.39 is 35.9 Å². The number of guanidine groups is 1. The molecule has 9 N–H and O–H groups in total. The lowest BCUT2D eigenvalue weighted by molar-refractivity contribution is -0.138. The Morgan fingerprint density at radius 2 is 1.80 bits per heavy atom. The van der Waals surface area contributed by atoms with Gasteiger partial charge in [-0.05, 0) is 26.2 Å². The van der Waals surface area contributed by atoms with Gasteiger partial charge in [0.15, 0.2) is 5.96 Å². The van der Waals surface area contributed by atoms with Gasteiger partial charge in [0.25, 0.3) is 0 Å². The quantitative estimate of drug-likeness (QED) is 0.0943. The lowest BCUT2D eigenvalue weighted by Gasteiger charge is -2.21. The maximum Gasteiger partial charge on any atom is 0.303 e. The molecule has 25 heavy (non-hydrogen) atoms. The molecule has 0 rings (SSSR count). The predicted octanol–water partition coefficient (Wildman–Crippen LogP) is -2.58. The van der Waals surface area contributed by atoms with Gasteiger partial charge in [-0.15, -0.1) is 0 Å². The minimum atomic E-state index is -1.11. The van der Waals surface area contributed by atoms with E-state index in [4.69, 9.17) is 22.3 Å². The molecule has 0 aliphatic carbocycles. The van der Waals surface area contributed by atoms with Crippen LogP contribution in [0, 0.1) is 0 Å². The van der Waals surface area contributed by atoms with Gasteiger partial charge in [-0.1, -0.05) is 0 Å². The van der Waals surface area contributed by atoms with Crippen LogP contribution < -0.4 is 27.8 Å². The second-order valence-electron chi connectivity index (χ2n) is 5.48. The maximum atomic E-state index is 12.2. The zero-order chi connectivity index (χ0) is 19.4. The van der Waals surface area contributed by atoms with Gasteiger partial charge >= 0.3 is 5.97 Å². The van der Waals surface area contributed by atoms with Crippen LogP contribution in [0.5, 0.6) is 0 Å². The largest absolute Gasteiger partial charge is 0.481 e. The normalized spacial score (nSPS) is 13.8. The number of carbonyl (C=O) groups is 4. The third-order valence-corrected chi connectivity index (χ3v) is 3.15. The number of aliphatic carboxylic acids is 1. The number of nitrogens with two attached hydrogens (primary N) is 3. The van der Waals surface area contributed by atoms with Crippen LogP contribution in [0.4, 0.5) is 0 Å². The first kappa shape index (κ1) is 22.3. The van der Waals surface area contributed by atoms with E-state index in [-0.39, 0.29) is 18.8 Å². The molecule has 0 bridgehead atoms. The molecule has 3 atom stereocenters. The van der Waals surface area contributed by atoms with Gasteiger partial charge in [0, 0.05) is 13.0 Å². The second kappa shape index (κ2) is 11.8. The molecule has 0 unspecified atom stereocenters. The van der Waals surface area contributed by atoms with E-state index in [2.05, 4.69) is 15.6 Å². The molecule has 11 nitrogen and oxygen atoms in total. The lowest BCUT2D eigenvalue weighted by Crippen LogP contribution is -2.53. The number of carbonyl (C=O) groups excluding carboxylic acids is 3. The molecule has 0 aliphatic rings. The van der Waals surface area contributed by atoms with Crippen LogP contribution in [0.1, 0.15) is 32.6 Å². The molecule has 0 radical (unpaired) electrons. The van der Waals surface area contributed by atoms with Crippen LogP contribution in [0.25, 0.3) is 0 Å². The van der Waals surface area contributed by atoms with Crippen molar-refractivity contribution in [1.82, 2.24) is 10.6 Å². The minimum absolute atomic E-state index is 0.0703. The van der Waals surface area contributed by atoms with Crippen LogP contribution in [0.15, 0.2) is 4.99 Å². The molecule has 0 aromatic carbocycles. The number of carboxylic acid groups (broad SMARTS) is 1. The molecule has 142 valence electrons. The van der Waals surface area contributed by atoms with Gasteiger partial charge in [0.2, 0.25) is 11.8 Å². The van der Waals surface area contributed by atoms with Gasteiger partial charge in [0.05, 0.1) is 12.1 Å². The summed E-state index contributed by atoms with van der Waals surface area (Å²) in [6.07, 6.45) is 0.842.